The van der Waals surface area contributed by atoms with Crippen LogP contribution in [0.2, 0.25) is 15.1 Å². The summed E-state index contributed by atoms with van der Waals surface area (Å²) in [5.41, 5.74) is 1.77. The molecular weight excluding hydrogens is 289 g/mol. The standard InChI is InChI=1S/C14H12Cl3N/c15-9-5-6-10(16)14-13(9)11(17)7-12(18-14)8-3-1-2-4-8/h5-8H,1-4H2. The molecule has 0 unspecified atom stereocenters. The molecule has 3 rings (SSSR count). The number of nitrogens with zero attached hydrogens (tertiary/aromatic N) is 1. The van der Waals surface area contributed by atoms with Gasteiger partial charge in [-0.15, -0.1) is 0 Å². The highest BCUT2D eigenvalue weighted by atomic mass is 35.5. The Morgan fingerprint density at radius 2 is 1.61 bits per heavy atom. The number of pyridine rings is 1. The van der Waals surface area contributed by atoms with Crippen LogP contribution in [-0.2, 0) is 0 Å². The minimum Gasteiger partial charge on any atom is -0.251 e. The Labute approximate surface area is 121 Å². The maximum Gasteiger partial charge on any atom is 0.0921 e. The van der Waals surface area contributed by atoms with Gasteiger partial charge in [-0.3, -0.25) is 4.98 Å². The minimum absolute atomic E-state index is 0.516. The zero-order valence-electron chi connectivity index (χ0n) is 9.72. The van der Waals surface area contributed by atoms with Crippen LogP contribution in [0.1, 0.15) is 37.3 Å². The second-order valence-corrected chi connectivity index (χ2v) is 5.98. The van der Waals surface area contributed by atoms with Crippen molar-refractivity contribution in [2.45, 2.75) is 31.6 Å². The third-order valence-electron chi connectivity index (χ3n) is 3.61. The van der Waals surface area contributed by atoms with E-state index in [-0.39, 0.29) is 0 Å². The van der Waals surface area contributed by atoms with Crippen LogP contribution in [0.5, 0.6) is 0 Å². The van der Waals surface area contributed by atoms with Crippen LogP contribution in [0.4, 0.5) is 0 Å². The number of hydrogen-bond donors (Lipinski definition) is 0. The first-order valence-electron chi connectivity index (χ1n) is 6.11. The average Bonchev–Trinajstić information content (AvgIpc) is 2.87. The molecule has 94 valence electrons. The summed E-state index contributed by atoms with van der Waals surface area (Å²) in [5, 5.41) is 2.61. The fraction of sp³-hybridized carbons (Fsp3) is 0.357. The van der Waals surface area contributed by atoms with E-state index in [4.69, 9.17) is 34.8 Å². The van der Waals surface area contributed by atoms with Crippen molar-refractivity contribution in [3.8, 4) is 0 Å². The summed E-state index contributed by atoms with van der Waals surface area (Å²) in [6.07, 6.45) is 4.91. The molecule has 0 aliphatic heterocycles. The van der Waals surface area contributed by atoms with E-state index >= 15 is 0 Å². The smallest absolute Gasteiger partial charge is 0.0921 e. The van der Waals surface area contributed by atoms with E-state index in [0.29, 0.717) is 21.0 Å². The van der Waals surface area contributed by atoms with E-state index in [1.807, 2.05) is 6.07 Å². The minimum atomic E-state index is 0.516. The van der Waals surface area contributed by atoms with Crippen molar-refractivity contribution < 1.29 is 0 Å². The molecule has 1 aliphatic carbocycles. The van der Waals surface area contributed by atoms with Crippen molar-refractivity contribution in [1.82, 2.24) is 4.98 Å². The quantitative estimate of drug-likeness (QED) is 0.643. The number of hydrogen-bond acceptors (Lipinski definition) is 1. The first kappa shape index (κ1) is 12.5. The van der Waals surface area contributed by atoms with Crippen molar-refractivity contribution in [1.29, 1.82) is 0 Å². The van der Waals surface area contributed by atoms with E-state index in [9.17, 15) is 0 Å². The second kappa shape index (κ2) is 4.88. The van der Waals surface area contributed by atoms with Crippen molar-refractivity contribution in [3.05, 3.63) is 39.0 Å². The molecule has 2 aromatic rings. The number of aromatic nitrogens is 1. The predicted octanol–water partition coefficient (Wildman–Crippen LogP) is 5.85. The Morgan fingerprint density at radius 1 is 0.944 bits per heavy atom. The molecule has 0 radical (unpaired) electrons. The molecule has 1 nitrogen and oxygen atoms in total. The predicted molar refractivity (Wildman–Crippen MR) is 78.0 cm³/mol. The van der Waals surface area contributed by atoms with Gasteiger partial charge in [-0.2, -0.15) is 0 Å². The molecule has 4 heteroatoms. The largest absolute Gasteiger partial charge is 0.251 e. The zero-order chi connectivity index (χ0) is 12.7. The monoisotopic (exact) mass is 299 g/mol. The normalized spacial score (nSPS) is 16.6. The summed E-state index contributed by atoms with van der Waals surface area (Å²) in [6, 6.07) is 5.48. The molecule has 1 heterocycles. The van der Waals surface area contributed by atoms with E-state index < -0.39 is 0 Å². The molecule has 0 amide bonds. The van der Waals surface area contributed by atoms with E-state index in [1.54, 1.807) is 12.1 Å². The lowest BCUT2D eigenvalue weighted by Gasteiger charge is -2.12. The average molecular weight is 301 g/mol. The molecule has 0 saturated heterocycles. The van der Waals surface area contributed by atoms with Gasteiger partial charge in [-0.1, -0.05) is 47.6 Å². The Kier molecular flexibility index (Phi) is 3.40. The SMILES string of the molecule is Clc1ccc(Cl)c2c(Cl)cc(C3CCCC3)nc12. The molecule has 18 heavy (non-hydrogen) atoms. The Balaban J connectivity index is 2.23. The first-order valence-corrected chi connectivity index (χ1v) is 7.24. The maximum absolute atomic E-state index is 6.33. The van der Waals surface area contributed by atoms with Crippen molar-refractivity contribution in [2.24, 2.45) is 0 Å². The van der Waals surface area contributed by atoms with Crippen LogP contribution >= 0.6 is 34.8 Å². The van der Waals surface area contributed by atoms with Crippen LogP contribution in [0.3, 0.4) is 0 Å². The molecule has 0 N–H and O–H groups in total. The van der Waals surface area contributed by atoms with Crippen LogP contribution < -0.4 is 0 Å². The third-order valence-corrected chi connectivity index (χ3v) is 4.52. The Morgan fingerprint density at radius 3 is 2.33 bits per heavy atom. The van der Waals surface area contributed by atoms with Gasteiger partial charge in [0.1, 0.15) is 0 Å². The topological polar surface area (TPSA) is 12.9 Å². The van der Waals surface area contributed by atoms with Crippen LogP contribution in [0.15, 0.2) is 18.2 Å². The molecule has 1 fully saturated rings. The molecule has 0 bridgehead atoms. The van der Waals surface area contributed by atoms with Crippen molar-refractivity contribution >= 4 is 45.7 Å². The first-order chi connectivity index (χ1) is 8.66. The van der Waals surface area contributed by atoms with Crippen LogP contribution in [-0.4, -0.2) is 4.98 Å². The highest BCUT2D eigenvalue weighted by Gasteiger charge is 2.20. The number of halogens is 3. The lowest BCUT2D eigenvalue weighted by molar-refractivity contribution is 0.701. The van der Waals surface area contributed by atoms with Gasteiger partial charge >= 0.3 is 0 Å². The number of benzene rings is 1. The van der Waals surface area contributed by atoms with Crippen LogP contribution in [0, 0.1) is 0 Å². The Bertz CT molecular complexity index is 604. The lowest BCUT2D eigenvalue weighted by Crippen LogP contribution is -1.97. The molecule has 1 aromatic carbocycles. The fourth-order valence-electron chi connectivity index (χ4n) is 2.67. The van der Waals surface area contributed by atoms with Crippen molar-refractivity contribution in [3.63, 3.8) is 0 Å². The zero-order valence-corrected chi connectivity index (χ0v) is 12.0. The van der Waals surface area contributed by atoms with Gasteiger partial charge in [0.25, 0.3) is 0 Å². The number of rotatable bonds is 1. The fourth-order valence-corrected chi connectivity index (χ4v) is 3.48. The lowest BCUT2D eigenvalue weighted by atomic mass is 10.0. The van der Waals surface area contributed by atoms with Gasteiger partial charge in [0.05, 0.1) is 20.6 Å². The summed E-state index contributed by atoms with van der Waals surface area (Å²) >= 11 is 18.7. The van der Waals surface area contributed by atoms with Crippen molar-refractivity contribution in [2.75, 3.05) is 0 Å². The highest BCUT2D eigenvalue weighted by molar-refractivity contribution is 6.44. The Hall–Kier alpha value is -0.500. The second-order valence-electron chi connectivity index (χ2n) is 4.76. The molecule has 1 saturated carbocycles. The van der Waals surface area contributed by atoms with E-state index in [2.05, 4.69) is 4.98 Å². The van der Waals surface area contributed by atoms with E-state index in [0.717, 1.165) is 16.6 Å². The molecule has 1 aromatic heterocycles. The third kappa shape index (κ3) is 2.09. The summed E-state index contributed by atoms with van der Waals surface area (Å²) in [6.45, 7) is 0. The van der Waals surface area contributed by atoms with Gasteiger partial charge in [-0.05, 0) is 31.0 Å². The molecular formula is C14H12Cl3N. The van der Waals surface area contributed by atoms with Gasteiger partial charge in [-0.25, -0.2) is 0 Å². The van der Waals surface area contributed by atoms with E-state index in [1.165, 1.54) is 25.7 Å². The van der Waals surface area contributed by atoms with Gasteiger partial charge in [0, 0.05) is 17.0 Å². The highest BCUT2D eigenvalue weighted by Crippen LogP contribution is 2.39. The van der Waals surface area contributed by atoms with Gasteiger partial charge in [0.2, 0.25) is 0 Å². The summed E-state index contributed by atoms with van der Waals surface area (Å²) in [5.74, 6) is 0.516. The molecule has 0 atom stereocenters. The summed E-state index contributed by atoms with van der Waals surface area (Å²) < 4.78 is 0. The van der Waals surface area contributed by atoms with Crippen LogP contribution in [0.25, 0.3) is 10.9 Å². The van der Waals surface area contributed by atoms with Gasteiger partial charge in [0.15, 0.2) is 0 Å². The van der Waals surface area contributed by atoms with Gasteiger partial charge < -0.3 is 0 Å². The summed E-state index contributed by atoms with van der Waals surface area (Å²) in [7, 11) is 0. The summed E-state index contributed by atoms with van der Waals surface area (Å²) in [4.78, 5) is 4.68. The molecule has 1 aliphatic rings. The molecule has 0 spiro atoms. The maximum atomic E-state index is 6.33. The number of fused-ring (bicyclic) bond motifs is 1.